The van der Waals surface area contributed by atoms with E-state index >= 15 is 0 Å². The first-order valence-electron chi connectivity index (χ1n) is 5.61. The Kier molecular flexibility index (Phi) is 4.42. The van der Waals surface area contributed by atoms with Gasteiger partial charge in [-0.15, -0.1) is 0 Å². The number of nitrogen functional groups attached to an aromatic ring is 1. The molecular formula is C13H9BrClN3O2S. The third-order valence-corrected chi connectivity index (χ3v) is 4.94. The highest BCUT2D eigenvalue weighted by atomic mass is 79.9. The van der Waals surface area contributed by atoms with Crippen LogP contribution in [-0.4, -0.2) is 8.42 Å². The molecule has 0 amide bonds. The molecule has 0 radical (unpaired) electrons. The standard InChI is InChI=1S/C13H9BrClN3O2S/c14-11-5-9(17)2-4-13(11)18-21(19,20)10-3-1-8(7-16)12(15)6-10/h1-6,18H,17H2. The predicted octanol–water partition coefficient (Wildman–Crippen LogP) is 3.36. The molecule has 0 saturated carbocycles. The first kappa shape index (κ1) is 15.6. The van der Waals surface area contributed by atoms with E-state index in [0.717, 1.165) is 0 Å². The lowest BCUT2D eigenvalue weighted by Gasteiger charge is -2.10. The van der Waals surface area contributed by atoms with Gasteiger partial charge in [0, 0.05) is 10.2 Å². The van der Waals surface area contributed by atoms with Crippen molar-refractivity contribution in [2.24, 2.45) is 0 Å². The minimum atomic E-state index is -3.81. The Labute approximate surface area is 135 Å². The summed E-state index contributed by atoms with van der Waals surface area (Å²) in [4.78, 5) is -0.0322. The first-order valence-corrected chi connectivity index (χ1v) is 8.26. The molecule has 0 bridgehead atoms. The lowest BCUT2D eigenvalue weighted by Crippen LogP contribution is -2.13. The number of nitrogens with one attached hydrogen (secondary N) is 1. The van der Waals surface area contributed by atoms with E-state index in [2.05, 4.69) is 20.7 Å². The van der Waals surface area contributed by atoms with Crippen LogP contribution in [0.3, 0.4) is 0 Å². The highest BCUT2D eigenvalue weighted by Crippen LogP contribution is 2.28. The van der Waals surface area contributed by atoms with Crippen molar-refractivity contribution in [3.05, 3.63) is 51.5 Å². The van der Waals surface area contributed by atoms with E-state index in [1.807, 2.05) is 6.07 Å². The van der Waals surface area contributed by atoms with E-state index in [1.54, 1.807) is 18.2 Å². The second kappa shape index (κ2) is 5.93. The second-order valence-corrected chi connectivity index (χ2v) is 7.04. The van der Waals surface area contributed by atoms with Gasteiger partial charge in [0.25, 0.3) is 10.0 Å². The summed E-state index contributed by atoms with van der Waals surface area (Å²) in [5, 5.41) is 8.87. The fourth-order valence-electron chi connectivity index (χ4n) is 1.57. The molecule has 0 aliphatic rings. The maximum Gasteiger partial charge on any atom is 0.261 e. The van der Waals surface area contributed by atoms with Crippen molar-refractivity contribution in [2.75, 3.05) is 10.5 Å². The summed E-state index contributed by atoms with van der Waals surface area (Å²) >= 11 is 9.08. The topological polar surface area (TPSA) is 96.0 Å². The third kappa shape index (κ3) is 3.47. The van der Waals surface area contributed by atoms with E-state index in [4.69, 9.17) is 22.6 Å². The van der Waals surface area contributed by atoms with Crippen molar-refractivity contribution in [1.29, 1.82) is 5.26 Å². The molecule has 0 fully saturated rings. The van der Waals surface area contributed by atoms with Gasteiger partial charge in [0.1, 0.15) is 6.07 Å². The minimum absolute atomic E-state index is 0.0322. The number of halogens is 2. The number of nitrogens with two attached hydrogens (primary N) is 1. The number of anilines is 2. The van der Waals surface area contributed by atoms with Crippen LogP contribution in [0.4, 0.5) is 11.4 Å². The Morgan fingerprint density at radius 3 is 2.52 bits per heavy atom. The summed E-state index contributed by atoms with van der Waals surface area (Å²) in [5.41, 5.74) is 6.67. The van der Waals surface area contributed by atoms with Gasteiger partial charge >= 0.3 is 0 Å². The van der Waals surface area contributed by atoms with Crippen molar-refractivity contribution < 1.29 is 8.42 Å². The van der Waals surface area contributed by atoms with Crippen LogP contribution in [0.2, 0.25) is 5.02 Å². The zero-order valence-corrected chi connectivity index (χ0v) is 13.6. The van der Waals surface area contributed by atoms with Crippen molar-refractivity contribution in [1.82, 2.24) is 0 Å². The van der Waals surface area contributed by atoms with Crippen LogP contribution in [0.5, 0.6) is 0 Å². The molecule has 0 atom stereocenters. The molecule has 0 aromatic heterocycles. The Hall–Kier alpha value is -1.75. The lowest BCUT2D eigenvalue weighted by atomic mass is 10.2. The summed E-state index contributed by atoms with van der Waals surface area (Å²) in [6.45, 7) is 0. The molecule has 0 spiro atoms. The zero-order chi connectivity index (χ0) is 15.6. The number of nitrogens with zero attached hydrogens (tertiary/aromatic N) is 1. The second-order valence-electron chi connectivity index (χ2n) is 4.10. The monoisotopic (exact) mass is 385 g/mol. The normalized spacial score (nSPS) is 10.9. The molecule has 2 aromatic rings. The SMILES string of the molecule is N#Cc1ccc(S(=O)(=O)Nc2ccc(N)cc2Br)cc1Cl. The number of nitriles is 1. The summed E-state index contributed by atoms with van der Waals surface area (Å²) in [7, 11) is -3.81. The first-order chi connectivity index (χ1) is 9.83. The van der Waals surface area contributed by atoms with Crippen molar-refractivity contribution in [2.45, 2.75) is 4.90 Å². The van der Waals surface area contributed by atoms with Crippen LogP contribution < -0.4 is 10.5 Å². The molecule has 108 valence electrons. The smallest absolute Gasteiger partial charge is 0.261 e. The van der Waals surface area contributed by atoms with Gasteiger partial charge in [-0.25, -0.2) is 8.42 Å². The molecular weight excluding hydrogens is 378 g/mol. The third-order valence-electron chi connectivity index (χ3n) is 2.61. The lowest BCUT2D eigenvalue weighted by molar-refractivity contribution is 0.601. The molecule has 8 heteroatoms. The maximum atomic E-state index is 12.3. The molecule has 3 N–H and O–H groups in total. The Morgan fingerprint density at radius 2 is 1.95 bits per heavy atom. The molecule has 0 aliphatic carbocycles. The number of hydrogen-bond acceptors (Lipinski definition) is 4. The summed E-state index contributed by atoms with van der Waals surface area (Å²) < 4.78 is 27.5. The van der Waals surface area contributed by atoms with E-state index in [-0.39, 0.29) is 15.5 Å². The minimum Gasteiger partial charge on any atom is -0.399 e. The van der Waals surface area contributed by atoms with E-state index < -0.39 is 10.0 Å². The predicted molar refractivity (Wildman–Crippen MR) is 85.5 cm³/mol. The van der Waals surface area contributed by atoms with Crippen LogP contribution in [0.1, 0.15) is 5.56 Å². The van der Waals surface area contributed by atoms with E-state index in [0.29, 0.717) is 15.8 Å². The van der Waals surface area contributed by atoms with Crippen LogP contribution in [-0.2, 0) is 10.0 Å². The van der Waals surface area contributed by atoms with E-state index in [9.17, 15) is 8.42 Å². The van der Waals surface area contributed by atoms with Gasteiger partial charge in [0.2, 0.25) is 0 Å². The molecule has 0 saturated heterocycles. The summed E-state index contributed by atoms with van der Waals surface area (Å²) in [6.07, 6.45) is 0. The van der Waals surface area contributed by atoms with Gasteiger partial charge in [-0.1, -0.05) is 11.6 Å². The van der Waals surface area contributed by atoms with Gasteiger partial charge in [-0.3, -0.25) is 4.72 Å². The molecule has 5 nitrogen and oxygen atoms in total. The van der Waals surface area contributed by atoms with Gasteiger partial charge in [-0.05, 0) is 52.3 Å². The van der Waals surface area contributed by atoms with Crippen LogP contribution in [0.15, 0.2) is 45.8 Å². The largest absolute Gasteiger partial charge is 0.399 e. The van der Waals surface area contributed by atoms with Gasteiger partial charge < -0.3 is 5.73 Å². The summed E-state index contributed by atoms with van der Waals surface area (Å²) in [5.74, 6) is 0. The molecule has 0 unspecified atom stereocenters. The Balaban J connectivity index is 2.39. The fraction of sp³-hybridized carbons (Fsp3) is 0. The van der Waals surface area contributed by atoms with Gasteiger partial charge in [0.05, 0.1) is 21.2 Å². The molecule has 2 rings (SSSR count). The highest BCUT2D eigenvalue weighted by molar-refractivity contribution is 9.10. The average Bonchev–Trinajstić information content (AvgIpc) is 2.42. The van der Waals surface area contributed by atoms with Crippen LogP contribution >= 0.6 is 27.5 Å². The quantitative estimate of drug-likeness (QED) is 0.791. The number of rotatable bonds is 3. The van der Waals surface area contributed by atoms with Crippen molar-refractivity contribution >= 4 is 48.9 Å². The molecule has 21 heavy (non-hydrogen) atoms. The van der Waals surface area contributed by atoms with Crippen LogP contribution in [0, 0.1) is 11.3 Å². The number of hydrogen-bond donors (Lipinski definition) is 2. The maximum absolute atomic E-state index is 12.3. The average molecular weight is 387 g/mol. The number of benzene rings is 2. The van der Waals surface area contributed by atoms with Gasteiger partial charge in [-0.2, -0.15) is 5.26 Å². The van der Waals surface area contributed by atoms with Crippen molar-refractivity contribution in [3.8, 4) is 6.07 Å². The highest BCUT2D eigenvalue weighted by Gasteiger charge is 2.17. The fourth-order valence-corrected chi connectivity index (χ4v) is 3.59. The van der Waals surface area contributed by atoms with Gasteiger partial charge in [0.15, 0.2) is 0 Å². The van der Waals surface area contributed by atoms with Crippen LogP contribution in [0.25, 0.3) is 0 Å². The Bertz CT molecular complexity index is 847. The molecule has 0 aliphatic heterocycles. The number of sulfonamides is 1. The molecule has 2 aromatic carbocycles. The van der Waals surface area contributed by atoms with Crippen molar-refractivity contribution in [3.63, 3.8) is 0 Å². The summed E-state index contributed by atoms with van der Waals surface area (Å²) in [6, 6.07) is 10.5. The van der Waals surface area contributed by atoms with E-state index in [1.165, 1.54) is 18.2 Å². The Morgan fingerprint density at radius 1 is 1.24 bits per heavy atom. The molecule has 0 heterocycles. The zero-order valence-electron chi connectivity index (χ0n) is 10.5.